The Morgan fingerprint density at radius 2 is 1.94 bits per heavy atom. The van der Waals surface area contributed by atoms with Crippen LogP contribution in [0.25, 0.3) is 33.7 Å². The molecule has 0 unspecified atom stereocenters. The second-order valence-corrected chi connectivity index (χ2v) is 9.45. The standard InChI is InChI=1S/C25H19Cl2N3O3S/c1-2-3-12-32-17-7-4-15(5-8-17)23-28-25-30(29-23)24(31)22(34-25)14-18-9-11-21(33-18)19-10-6-16(26)13-20(19)27/h4-11,13-14H,2-3,12H2,1H3. The van der Waals surface area contributed by atoms with Crippen molar-refractivity contribution in [2.24, 2.45) is 0 Å². The van der Waals surface area contributed by atoms with Crippen LogP contribution in [-0.2, 0) is 0 Å². The summed E-state index contributed by atoms with van der Waals surface area (Å²) in [6.07, 6.45) is 3.78. The quantitative estimate of drug-likeness (QED) is 0.246. The molecule has 0 saturated heterocycles. The molecule has 6 nitrogen and oxygen atoms in total. The molecule has 0 saturated carbocycles. The summed E-state index contributed by atoms with van der Waals surface area (Å²) in [5, 5.41) is 5.44. The summed E-state index contributed by atoms with van der Waals surface area (Å²) in [6, 6.07) is 16.3. The normalized spacial score (nSPS) is 12.0. The van der Waals surface area contributed by atoms with Gasteiger partial charge in [0.25, 0.3) is 5.56 Å². The molecular formula is C25H19Cl2N3O3S. The van der Waals surface area contributed by atoms with E-state index in [0.717, 1.165) is 29.7 Å². The molecular weight excluding hydrogens is 493 g/mol. The summed E-state index contributed by atoms with van der Waals surface area (Å²) < 4.78 is 13.4. The van der Waals surface area contributed by atoms with Crippen LogP contribution in [0.15, 0.2) is 63.8 Å². The average Bonchev–Trinajstić information content (AvgIpc) is 3.52. The number of benzene rings is 2. The minimum Gasteiger partial charge on any atom is -0.494 e. The molecule has 0 spiro atoms. The third-order valence-corrected chi connectivity index (χ3v) is 6.66. The highest BCUT2D eigenvalue weighted by Gasteiger charge is 2.13. The molecule has 0 amide bonds. The zero-order chi connectivity index (χ0) is 23.7. The molecule has 0 atom stereocenters. The van der Waals surface area contributed by atoms with Crippen molar-refractivity contribution in [1.29, 1.82) is 0 Å². The molecule has 0 aliphatic heterocycles. The second kappa shape index (κ2) is 9.62. The molecule has 0 radical (unpaired) electrons. The molecule has 0 N–H and O–H groups in total. The van der Waals surface area contributed by atoms with Crippen LogP contribution in [0.2, 0.25) is 10.0 Å². The van der Waals surface area contributed by atoms with E-state index >= 15 is 0 Å². The summed E-state index contributed by atoms with van der Waals surface area (Å²) in [6.45, 7) is 2.82. The zero-order valence-electron chi connectivity index (χ0n) is 18.1. The van der Waals surface area contributed by atoms with Crippen molar-refractivity contribution in [3.63, 3.8) is 0 Å². The maximum atomic E-state index is 12.9. The summed E-state index contributed by atoms with van der Waals surface area (Å²) in [5.41, 5.74) is 1.29. The molecule has 0 bridgehead atoms. The van der Waals surface area contributed by atoms with Crippen molar-refractivity contribution in [1.82, 2.24) is 14.6 Å². The number of thiazole rings is 1. The fraction of sp³-hybridized carbons (Fsp3) is 0.160. The molecule has 172 valence electrons. The van der Waals surface area contributed by atoms with Crippen LogP contribution in [0.4, 0.5) is 0 Å². The maximum absolute atomic E-state index is 12.9. The fourth-order valence-corrected chi connectivity index (χ4v) is 4.77. The van der Waals surface area contributed by atoms with Gasteiger partial charge in [0.2, 0.25) is 4.96 Å². The van der Waals surface area contributed by atoms with Gasteiger partial charge in [-0.25, -0.2) is 0 Å². The molecule has 0 fully saturated rings. The van der Waals surface area contributed by atoms with Crippen LogP contribution >= 0.6 is 34.5 Å². The first-order valence-corrected chi connectivity index (χ1v) is 12.3. The number of aromatic nitrogens is 3. The molecule has 2 aromatic carbocycles. The molecule has 0 aliphatic rings. The van der Waals surface area contributed by atoms with Crippen molar-refractivity contribution < 1.29 is 9.15 Å². The first-order valence-electron chi connectivity index (χ1n) is 10.7. The molecule has 5 rings (SSSR count). The zero-order valence-corrected chi connectivity index (χ0v) is 20.5. The van der Waals surface area contributed by atoms with Crippen molar-refractivity contribution >= 4 is 45.6 Å². The molecule has 34 heavy (non-hydrogen) atoms. The Morgan fingerprint density at radius 3 is 2.68 bits per heavy atom. The van der Waals surface area contributed by atoms with Crippen LogP contribution in [0.5, 0.6) is 5.75 Å². The Balaban J connectivity index is 1.40. The van der Waals surface area contributed by atoms with Gasteiger partial charge in [-0.3, -0.25) is 4.79 Å². The van der Waals surface area contributed by atoms with E-state index in [1.165, 1.54) is 15.9 Å². The minimum absolute atomic E-state index is 0.249. The molecule has 3 aromatic heterocycles. The summed E-state index contributed by atoms with van der Waals surface area (Å²) >= 11 is 13.5. The molecule has 9 heteroatoms. The van der Waals surface area contributed by atoms with Crippen LogP contribution < -0.4 is 14.8 Å². The SMILES string of the molecule is CCCCOc1ccc(-c2nc3sc(=Cc4ccc(-c5ccc(Cl)cc5Cl)o4)c(=O)n3n2)cc1. The Hall–Kier alpha value is -3.13. The Bertz CT molecular complexity index is 1570. The number of halogens is 2. The van der Waals surface area contributed by atoms with Gasteiger partial charge in [0.15, 0.2) is 5.82 Å². The predicted molar refractivity (Wildman–Crippen MR) is 136 cm³/mol. The Kier molecular flexibility index (Phi) is 6.41. The smallest absolute Gasteiger partial charge is 0.291 e. The summed E-state index contributed by atoms with van der Waals surface area (Å²) in [4.78, 5) is 17.9. The number of hydrogen-bond donors (Lipinski definition) is 0. The number of fused-ring (bicyclic) bond motifs is 1. The monoisotopic (exact) mass is 511 g/mol. The first kappa shape index (κ1) is 22.7. The van der Waals surface area contributed by atoms with Gasteiger partial charge in [-0.2, -0.15) is 9.50 Å². The second-order valence-electron chi connectivity index (χ2n) is 7.60. The van der Waals surface area contributed by atoms with Crippen molar-refractivity contribution in [3.05, 3.63) is 85.3 Å². The lowest BCUT2D eigenvalue weighted by molar-refractivity contribution is 0.309. The minimum atomic E-state index is -0.249. The number of nitrogens with zero attached hydrogens (tertiary/aromatic N) is 3. The number of hydrogen-bond acceptors (Lipinski definition) is 6. The van der Waals surface area contributed by atoms with Gasteiger partial charge in [0.05, 0.1) is 11.6 Å². The lowest BCUT2D eigenvalue weighted by atomic mass is 10.2. The van der Waals surface area contributed by atoms with Gasteiger partial charge in [-0.1, -0.05) is 47.9 Å². The number of ether oxygens (including phenoxy) is 1. The van der Waals surface area contributed by atoms with E-state index in [1.807, 2.05) is 24.3 Å². The lowest BCUT2D eigenvalue weighted by Crippen LogP contribution is -2.23. The largest absolute Gasteiger partial charge is 0.494 e. The van der Waals surface area contributed by atoms with Gasteiger partial charge in [0, 0.05) is 22.2 Å². The van der Waals surface area contributed by atoms with E-state index < -0.39 is 0 Å². The van der Waals surface area contributed by atoms with Crippen LogP contribution in [0.3, 0.4) is 0 Å². The van der Waals surface area contributed by atoms with E-state index in [0.29, 0.717) is 43.5 Å². The predicted octanol–water partition coefficient (Wildman–Crippen LogP) is 6.11. The van der Waals surface area contributed by atoms with Gasteiger partial charge in [0.1, 0.15) is 21.8 Å². The highest BCUT2D eigenvalue weighted by Crippen LogP contribution is 2.31. The maximum Gasteiger partial charge on any atom is 0.291 e. The Labute approximate surface area is 209 Å². The molecule has 5 aromatic rings. The summed E-state index contributed by atoms with van der Waals surface area (Å²) in [5.74, 6) is 2.41. The van der Waals surface area contributed by atoms with E-state index in [9.17, 15) is 4.79 Å². The van der Waals surface area contributed by atoms with E-state index in [-0.39, 0.29) is 5.56 Å². The van der Waals surface area contributed by atoms with Crippen LogP contribution in [0.1, 0.15) is 25.5 Å². The van der Waals surface area contributed by atoms with Gasteiger partial charge < -0.3 is 9.15 Å². The Morgan fingerprint density at radius 1 is 1.12 bits per heavy atom. The number of furan rings is 1. The van der Waals surface area contributed by atoms with Crippen LogP contribution in [0, 0.1) is 0 Å². The highest BCUT2D eigenvalue weighted by molar-refractivity contribution is 7.15. The topological polar surface area (TPSA) is 69.6 Å². The van der Waals surface area contributed by atoms with Crippen molar-refractivity contribution in [3.8, 4) is 28.5 Å². The van der Waals surface area contributed by atoms with E-state index in [2.05, 4.69) is 17.0 Å². The fourth-order valence-electron chi connectivity index (χ4n) is 3.38. The average molecular weight is 512 g/mol. The van der Waals surface area contributed by atoms with Crippen molar-refractivity contribution in [2.45, 2.75) is 19.8 Å². The third-order valence-electron chi connectivity index (χ3n) is 5.16. The third kappa shape index (κ3) is 4.59. The van der Waals surface area contributed by atoms with Gasteiger partial charge in [-0.05, 0) is 61.0 Å². The van der Waals surface area contributed by atoms with E-state index in [1.54, 1.807) is 36.4 Å². The number of unbranched alkanes of at least 4 members (excludes halogenated alkanes) is 1. The van der Waals surface area contributed by atoms with Crippen LogP contribution in [-0.4, -0.2) is 21.2 Å². The number of rotatable bonds is 7. The lowest BCUT2D eigenvalue weighted by Gasteiger charge is -2.05. The van der Waals surface area contributed by atoms with Gasteiger partial charge in [-0.15, -0.1) is 5.10 Å². The van der Waals surface area contributed by atoms with Crippen molar-refractivity contribution in [2.75, 3.05) is 6.61 Å². The first-order chi connectivity index (χ1) is 16.5. The van der Waals surface area contributed by atoms with Gasteiger partial charge >= 0.3 is 0 Å². The highest BCUT2D eigenvalue weighted by atomic mass is 35.5. The molecule has 0 aliphatic carbocycles. The summed E-state index contributed by atoms with van der Waals surface area (Å²) in [7, 11) is 0. The van der Waals surface area contributed by atoms with E-state index in [4.69, 9.17) is 32.4 Å². The molecule has 3 heterocycles.